The zero-order valence-corrected chi connectivity index (χ0v) is 11.5. The van der Waals surface area contributed by atoms with E-state index in [1.807, 2.05) is 13.8 Å². The van der Waals surface area contributed by atoms with Crippen molar-refractivity contribution in [3.63, 3.8) is 0 Å². The van der Waals surface area contributed by atoms with E-state index in [4.69, 9.17) is 0 Å². The fraction of sp³-hybridized carbons (Fsp3) is 0.533. The van der Waals surface area contributed by atoms with E-state index in [1.165, 1.54) is 6.07 Å². The molecule has 1 saturated heterocycles. The number of nitrogens with one attached hydrogen (secondary N) is 2. The molecule has 0 spiro atoms. The first-order chi connectivity index (χ1) is 9.08. The van der Waals surface area contributed by atoms with Gasteiger partial charge in [0.15, 0.2) is 0 Å². The number of benzene rings is 1. The molecule has 1 heterocycles. The lowest BCUT2D eigenvalue weighted by Gasteiger charge is -2.29. The average molecular weight is 264 g/mol. The number of piperidine rings is 1. The van der Waals surface area contributed by atoms with Crippen LogP contribution in [-0.2, 0) is 0 Å². The second-order valence-electron chi connectivity index (χ2n) is 5.35. The van der Waals surface area contributed by atoms with Gasteiger partial charge in [-0.25, -0.2) is 4.39 Å². The molecule has 1 aliphatic heterocycles. The maximum atomic E-state index is 13.6. The maximum Gasteiger partial charge on any atom is 0.254 e. The Morgan fingerprint density at radius 2 is 2.32 bits per heavy atom. The molecule has 104 valence electrons. The molecule has 2 rings (SSSR count). The second kappa shape index (κ2) is 6.15. The van der Waals surface area contributed by atoms with E-state index in [2.05, 4.69) is 10.6 Å². The highest BCUT2D eigenvalue weighted by Crippen LogP contribution is 2.16. The normalized spacial score (nSPS) is 20.9. The van der Waals surface area contributed by atoms with Gasteiger partial charge >= 0.3 is 0 Å². The standard InChI is InChI=1S/C15H21FN2O/c1-10-5-6-14(16)13(8-10)15(19)18-11(2)12-4-3-7-17-9-12/h5-6,8,11-12,17H,3-4,7,9H2,1-2H3,(H,18,19). The van der Waals surface area contributed by atoms with Crippen molar-refractivity contribution in [1.82, 2.24) is 10.6 Å². The monoisotopic (exact) mass is 264 g/mol. The summed E-state index contributed by atoms with van der Waals surface area (Å²) in [6, 6.07) is 4.66. The van der Waals surface area contributed by atoms with Gasteiger partial charge in [0.05, 0.1) is 5.56 Å². The van der Waals surface area contributed by atoms with Crippen LogP contribution >= 0.6 is 0 Å². The van der Waals surface area contributed by atoms with E-state index >= 15 is 0 Å². The van der Waals surface area contributed by atoms with Crippen LogP contribution in [0.15, 0.2) is 18.2 Å². The zero-order chi connectivity index (χ0) is 13.8. The van der Waals surface area contributed by atoms with Crippen LogP contribution in [0.1, 0.15) is 35.7 Å². The van der Waals surface area contributed by atoms with Gasteiger partial charge in [-0.2, -0.15) is 0 Å². The molecule has 2 unspecified atom stereocenters. The molecule has 0 bridgehead atoms. The largest absolute Gasteiger partial charge is 0.349 e. The third kappa shape index (κ3) is 3.53. The van der Waals surface area contributed by atoms with Crippen molar-refractivity contribution in [2.45, 2.75) is 32.7 Å². The van der Waals surface area contributed by atoms with Crippen molar-refractivity contribution in [2.24, 2.45) is 5.92 Å². The van der Waals surface area contributed by atoms with Gasteiger partial charge in [-0.3, -0.25) is 4.79 Å². The van der Waals surface area contributed by atoms with Gasteiger partial charge in [0.1, 0.15) is 5.82 Å². The quantitative estimate of drug-likeness (QED) is 0.879. The topological polar surface area (TPSA) is 41.1 Å². The molecule has 19 heavy (non-hydrogen) atoms. The molecule has 1 aromatic rings. The molecule has 2 atom stereocenters. The predicted molar refractivity (Wildman–Crippen MR) is 73.7 cm³/mol. The van der Waals surface area contributed by atoms with Crippen molar-refractivity contribution < 1.29 is 9.18 Å². The molecular weight excluding hydrogens is 243 g/mol. The van der Waals surface area contributed by atoms with Crippen LogP contribution < -0.4 is 10.6 Å². The molecule has 1 aromatic carbocycles. The van der Waals surface area contributed by atoms with Crippen molar-refractivity contribution in [1.29, 1.82) is 0 Å². The minimum absolute atomic E-state index is 0.0558. The van der Waals surface area contributed by atoms with Gasteiger partial charge < -0.3 is 10.6 Å². The Hall–Kier alpha value is -1.42. The number of amides is 1. The van der Waals surface area contributed by atoms with Crippen LogP contribution in [0, 0.1) is 18.7 Å². The van der Waals surface area contributed by atoms with Gasteiger partial charge in [0, 0.05) is 6.04 Å². The number of aryl methyl sites for hydroxylation is 1. The van der Waals surface area contributed by atoms with E-state index in [-0.39, 0.29) is 17.5 Å². The highest BCUT2D eigenvalue weighted by Gasteiger charge is 2.22. The molecule has 1 amide bonds. The number of rotatable bonds is 3. The van der Waals surface area contributed by atoms with E-state index in [1.54, 1.807) is 12.1 Å². The smallest absolute Gasteiger partial charge is 0.254 e. The first-order valence-electron chi connectivity index (χ1n) is 6.85. The lowest BCUT2D eigenvalue weighted by atomic mass is 9.92. The van der Waals surface area contributed by atoms with E-state index in [0.29, 0.717) is 5.92 Å². The highest BCUT2D eigenvalue weighted by atomic mass is 19.1. The summed E-state index contributed by atoms with van der Waals surface area (Å²) in [5.74, 6) is -0.359. The zero-order valence-electron chi connectivity index (χ0n) is 11.5. The third-order valence-electron chi connectivity index (χ3n) is 3.77. The summed E-state index contributed by atoms with van der Waals surface area (Å²) in [5.41, 5.74) is 1.02. The van der Waals surface area contributed by atoms with Gasteiger partial charge in [-0.05, 0) is 57.8 Å². The van der Waals surface area contributed by atoms with Crippen molar-refractivity contribution in [3.8, 4) is 0 Å². The molecule has 2 N–H and O–H groups in total. The minimum atomic E-state index is -0.461. The Balaban J connectivity index is 2.01. The van der Waals surface area contributed by atoms with E-state index in [9.17, 15) is 9.18 Å². The summed E-state index contributed by atoms with van der Waals surface area (Å²) in [4.78, 5) is 12.1. The second-order valence-corrected chi connectivity index (χ2v) is 5.35. The van der Waals surface area contributed by atoms with Crippen molar-refractivity contribution in [3.05, 3.63) is 35.1 Å². The first-order valence-corrected chi connectivity index (χ1v) is 6.85. The Bertz CT molecular complexity index is 455. The summed E-state index contributed by atoms with van der Waals surface area (Å²) in [6.45, 7) is 5.80. The molecule has 0 radical (unpaired) electrons. The summed E-state index contributed by atoms with van der Waals surface area (Å²) in [7, 11) is 0. The van der Waals surface area contributed by atoms with Gasteiger partial charge in [0.2, 0.25) is 0 Å². The van der Waals surface area contributed by atoms with Crippen molar-refractivity contribution in [2.75, 3.05) is 13.1 Å². The van der Waals surface area contributed by atoms with Crippen LogP contribution in [0.5, 0.6) is 0 Å². The molecule has 0 aliphatic carbocycles. The van der Waals surface area contributed by atoms with E-state index in [0.717, 1.165) is 31.5 Å². The summed E-state index contributed by atoms with van der Waals surface area (Å²) in [5, 5.41) is 6.24. The number of hydrogen-bond donors (Lipinski definition) is 2. The van der Waals surface area contributed by atoms with Gasteiger partial charge in [0.25, 0.3) is 5.91 Å². The molecular formula is C15H21FN2O. The van der Waals surface area contributed by atoms with Crippen LogP contribution in [0.2, 0.25) is 0 Å². The number of halogens is 1. The molecule has 4 heteroatoms. The number of carbonyl (C=O) groups is 1. The SMILES string of the molecule is Cc1ccc(F)c(C(=O)NC(C)C2CCCNC2)c1. The molecule has 0 saturated carbocycles. The Morgan fingerprint density at radius 3 is 3.00 bits per heavy atom. The third-order valence-corrected chi connectivity index (χ3v) is 3.77. The summed E-state index contributed by atoms with van der Waals surface area (Å²) >= 11 is 0. The van der Waals surface area contributed by atoms with Crippen LogP contribution in [-0.4, -0.2) is 25.0 Å². The molecule has 3 nitrogen and oxygen atoms in total. The summed E-state index contributed by atoms with van der Waals surface area (Å²) < 4.78 is 13.6. The first kappa shape index (κ1) is 14.0. The summed E-state index contributed by atoms with van der Waals surface area (Å²) in [6.07, 6.45) is 2.23. The molecule has 1 aliphatic rings. The van der Waals surface area contributed by atoms with Gasteiger partial charge in [-0.1, -0.05) is 11.6 Å². The fourth-order valence-corrected chi connectivity index (χ4v) is 2.52. The number of carbonyl (C=O) groups excluding carboxylic acids is 1. The lowest BCUT2D eigenvalue weighted by Crippen LogP contribution is -2.44. The fourth-order valence-electron chi connectivity index (χ4n) is 2.52. The molecule has 1 fully saturated rings. The average Bonchev–Trinajstić information content (AvgIpc) is 2.42. The van der Waals surface area contributed by atoms with Crippen LogP contribution in [0.3, 0.4) is 0 Å². The lowest BCUT2D eigenvalue weighted by molar-refractivity contribution is 0.0917. The van der Waals surface area contributed by atoms with Gasteiger partial charge in [-0.15, -0.1) is 0 Å². The highest BCUT2D eigenvalue weighted by molar-refractivity contribution is 5.94. The number of hydrogen-bond acceptors (Lipinski definition) is 2. The van der Waals surface area contributed by atoms with Crippen LogP contribution in [0.25, 0.3) is 0 Å². The predicted octanol–water partition coefficient (Wildman–Crippen LogP) is 2.25. The van der Waals surface area contributed by atoms with Crippen LogP contribution in [0.4, 0.5) is 4.39 Å². The minimum Gasteiger partial charge on any atom is -0.349 e. The Kier molecular flexibility index (Phi) is 4.53. The maximum absolute atomic E-state index is 13.6. The van der Waals surface area contributed by atoms with E-state index < -0.39 is 5.82 Å². The Labute approximate surface area is 113 Å². The molecule has 0 aromatic heterocycles. The Morgan fingerprint density at radius 1 is 1.53 bits per heavy atom. The van der Waals surface area contributed by atoms with Crippen molar-refractivity contribution >= 4 is 5.91 Å².